The van der Waals surface area contributed by atoms with Crippen LogP contribution in [0, 0.1) is 0 Å². The van der Waals surface area contributed by atoms with Crippen molar-refractivity contribution in [1.82, 2.24) is 14.7 Å². The summed E-state index contributed by atoms with van der Waals surface area (Å²) in [6.45, 7) is 6.64. The second-order valence-electron chi connectivity index (χ2n) is 7.80. The first-order chi connectivity index (χ1) is 13.2. The molecule has 6 nitrogen and oxygen atoms in total. The maximum atomic E-state index is 12.4. The average molecular weight is 371 g/mol. The van der Waals surface area contributed by atoms with Crippen LogP contribution in [0.5, 0.6) is 0 Å². The largest absolute Gasteiger partial charge is 0.368 e. The van der Waals surface area contributed by atoms with E-state index in [-0.39, 0.29) is 17.9 Å². The van der Waals surface area contributed by atoms with Gasteiger partial charge in [0.1, 0.15) is 6.10 Å². The third kappa shape index (κ3) is 4.33. The number of benzene rings is 1. The summed E-state index contributed by atoms with van der Waals surface area (Å²) < 4.78 is 5.52. The van der Waals surface area contributed by atoms with E-state index in [1.54, 1.807) is 0 Å². The van der Waals surface area contributed by atoms with Crippen molar-refractivity contribution in [2.24, 2.45) is 0 Å². The van der Waals surface area contributed by atoms with E-state index in [9.17, 15) is 9.59 Å². The summed E-state index contributed by atoms with van der Waals surface area (Å²) in [4.78, 5) is 31.1. The van der Waals surface area contributed by atoms with Crippen LogP contribution in [0.2, 0.25) is 0 Å². The minimum atomic E-state index is -0.211. The molecule has 0 radical (unpaired) electrons. The van der Waals surface area contributed by atoms with Crippen molar-refractivity contribution in [1.29, 1.82) is 0 Å². The van der Waals surface area contributed by atoms with Crippen LogP contribution in [0.1, 0.15) is 41.6 Å². The molecule has 3 saturated heterocycles. The molecule has 0 spiro atoms. The van der Waals surface area contributed by atoms with Crippen molar-refractivity contribution in [2.75, 3.05) is 45.9 Å². The van der Waals surface area contributed by atoms with Gasteiger partial charge in [-0.1, -0.05) is 12.1 Å². The van der Waals surface area contributed by atoms with Crippen molar-refractivity contribution in [3.63, 3.8) is 0 Å². The van der Waals surface area contributed by atoms with Gasteiger partial charge in [-0.05, 0) is 43.4 Å². The summed E-state index contributed by atoms with van der Waals surface area (Å²) in [5, 5.41) is 0. The van der Waals surface area contributed by atoms with Crippen molar-refractivity contribution >= 4 is 11.8 Å². The van der Waals surface area contributed by atoms with Crippen LogP contribution in [-0.4, -0.2) is 78.5 Å². The Hall–Kier alpha value is -1.92. The van der Waals surface area contributed by atoms with E-state index in [1.165, 1.54) is 5.56 Å². The van der Waals surface area contributed by atoms with Gasteiger partial charge >= 0.3 is 0 Å². The van der Waals surface area contributed by atoms with E-state index in [1.807, 2.05) is 21.9 Å². The van der Waals surface area contributed by atoms with Crippen molar-refractivity contribution < 1.29 is 14.3 Å². The Kier molecular flexibility index (Phi) is 5.74. The molecule has 3 heterocycles. The maximum Gasteiger partial charge on any atom is 0.253 e. The summed E-state index contributed by atoms with van der Waals surface area (Å²) in [7, 11) is 0. The van der Waals surface area contributed by atoms with Gasteiger partial charge in [0, 0.05) is 58.0 Å². The fraction of sp³-hybridized carbons (Fsp3) is 0.619. The van der Waals surface area contributed by atoms with Crippen LogP contribution >= 0.6 is 0 Å². The molecule has 3 fully saturated rings. The highest BCUT2D eigenvalue weighted by molar-refractivity contribution is 5.94. The molecule has 4 rings (SSSR count). The second-order valence-corrected chi connectivity index (χ2v) is 7.80. The Labute approximate surface area is 161 Å². The quantitative estimate of drug-likeness (QED) is 0.809. The predicted molar refractivity (Wildman–Crippen MR) is 102 cm³/mol. The minimum Gasteiger partial charge on any atom is -0.368 e. The Morgan fingerprint density at radius 1 is 0.889 bits per heavy atom. The fourth-order valence-corrected chi connectivity index (χ4v) is 4.22. The fourth-order valence-electron chi connectivity index (χ4n) is 4.22. The Balaban J connectivity index is 1.26. The first-order valence-electron chi connectivity index (χ1n) is 10.2. The van der Waals surface area contributed by atoms with Crippen molar-refractivity contribution in [3.8, 4) is 0 Å². The van der Waals surface area contributed by atoms with Crippen molar-refractivity contribution in [3.05, 3.63) is 35.4 Å². The SMILES string of the molecule is O=C(c1ccc(CN2CCN(C(=O)[C@H]3CCCO3)CC2)cc1)N1CCCC1. The van der Waals surface area contributed by atoms with Crippen LogP contribution in [0.25, 0.3) is 0 Å². The van der Waals surface area contributed by atoms with Gasteiger partial charge in [0.05, 0.1) is 0 Å². The lowest BCUT2D eigenvalue weighted by Gasteiger charge is -2.35. The molecule has 27 heavy (non-hydrogen) atoms. The molecule has 3 aliphatic rings. The third-order valence-electron chi connectivity index (χ3n) is 5.89. The molecular formula is C21H29N3O3. The van der Waals surface area contributed by atoms with Crippen molar-refractivity contribution in [2.45, 2.75) is 38.3 Å². The van der Waals surface area contributed by atoms with Crippen LogP contribution < -0.4 is 0 Å². The van der Waals surface area contributed by atoms with E-state index in [2.05, 4.69) is 17.0 Å². The number of rotatable bonds is 4. The molecule has 0 bridgehead atoms. The molecule has 2 amide bonds. The number of carbonyl (C=O) groups is 2. The summed E-state index contributed by atoms with van der Waals surface area (Å²) in [6, 6.07) is 8.03. The van der Waals surface area contributed by atoms with Gasteiger partial charge in [0.15, 0.2) is 0 Å². The molecule has 146 valence electrons. The number of carbonyl (C=O) groups excluding carboxylic acids is 2. The highest BCUT2D eigenvalue weighted by atomic mass is 16.5. The van der Waals surface area contributed by atoms with Gasteiger partial charge in [-0.2, -0.15) is 0 Å². The van der Waals surface area contributed by atoms with E-state index in [4.69, 9.17) is 4.74 Å². The second kappa shape index (κ2) is 8.40. The zero-order valence-electron chi connectivity index (χ0n) is 15.9. The van der Waals surface area contributed by atoms with E-state index in [0.717, 1.165) is 77.1 Å². The van der Waals surface area contributed by atoms with Crippen LogP contribution in [0.3, 0.4) is 0 Å². The standard InChI is InChI=1S/C21H29N3O3/c25-20(23-9-1-2-10-23)18-7-5-17(6-8-18)16-22-11-13-24(14-12-22)21(26)19-4-3-15-27-19/h5-8,19H,1-4,9-16H2/t19-/m1/s1. The molecular weight excluding hydrogens is 342 g/mol. The molecule has 0 unspecified atom stereocenters. The average Bonchev–Trinajstić information content (AvgIpc) is 3.42. The topological polar surface area (TPSA) is 53.1 Å². The lowest BCUT2D eigenvalue weighted by Crippen LogP contribution is -2.51. The Morgan fingerprint density at radius 3 is 2.22 bits per heavy atom. The van der Waals surface area contributed by atoms with E-state index < -0.39 is 0 Å². The first kappa shape index (κ1) is 18.4. The van der Waals surface area contributed by atoms with Gasteiger partial charge in [-0.25, -0.2) is 0 Å². The molecule has 1 atom stereocenters. The van der Waals surface area contributed by atoms with Crippen LogP contribution in [0.15, 0.2) is 24.3 Å². The zero-order chi connectivity index (χ0) is 18.6. The molecule has 0 aliphatic carbocycles. The molecule has 1 aromatic rings. The number of amides is 2. The number of nitrogens with zero attached hydrogens (tertiary/aromatic N) is 3. The summed E-state index contributed by atoms with van der Waals surface area (Å²) >= 11 is 0. The summed E-state index contributed by atoms with van der Waals surface area (Å²) in [5.74, 6) is 0.317. The van der Waals surface area contributed by atoms with Crippen LogP contribution in [-0.2, 0) is 16.1 Å². The molecule has 0 aromatic heterocycles. The number of hydrogen-bond donors (Lipinski definition) is 0. The third-order valence-corrected chi connectivity index (χ3v) is 5.89. The molecule has 1 aromatic carbocycles. The highest BCUT2D eigenvalue weighted by Gasteiger charge is 2.30. The lowest BCUT2D eigenvalue weighted by molar-refractivity contribution is -0.142. The molecule has 6 heteroatoms. The number of hydrogen-bond acceptors (Lipinski definition) is 4. The first-order valence-corrected chi connectivity index (χ1v) is 10.2. The molecule has 0 N–H and O–H groups in total. The van der Waals surface area contributed by atoms with Gasteiger partial charge in [0.2, 0.25) is 0 Å². The van der Waals surface area contributed by atoms with Gasteiger partial charge < -0.3 is 14.5 Å². The number of ether oxygens (including phenoxy) is 1. The minimum absolute atomic E-state index is 0.153. The van der Waals surface area contributed by atoms with E-state index >= 15 is 0 Å². The number of piperazine rings is 1. The summed E-state index contributed by atoms with van der Waals surface area (Å²) in [6.07, 6.45) is 3.88. The smallest absolute Gasteiger partial charge is 0.253 e. The molecule has 3 aliphatic heterocycles. The monoisotopic (exact) mass is 371 g/mol. The van der Waals surface area contributed by atoms with E-state index in [0.29, 0.717) is 6.61 Å². The zero-order valence-corrected chi connectivity index (χ0v) is 15.9. The predicted octanol–water partition coefficient (Wildman–Crippen LogP) is 1.75. The van der Waals surface area contributed by atoms with Gasteiger partial charge in [-0.15, -0.1) is 0 Å². The maximum absolute atomic E-state index is 12.4. The van der Waals surface area contributed by atoms with Gasteiger partial charge in [-0.3, -0.25) is 14.5 Å². The lowest BCUT2D eigenvalue weighted by atomic mass is 10.1. The van der Waals surface area contributed by atoms with Gasteiger partial charge in [0.25, 0.3) is 11.8 Å². The Morgan fingerprint density at radius 2 is 1.59 bits per heavy atom. The normalized spacial score (nSPS) is 23.8. The van der Waals surface area contributed by atoms with Crippen LogP contribution in [0.4, 0.5) is 0 Å². The number of likely N-dealkylation sites (tertiary alicyclic amines) is 1. The Bertz CT molecular complexity index is 656. The highest BCUT2D eigenvalue weighted by Crippen LogP contribution is 2.18. The molecule has 0 saturated carbocycles. The summed E-state index contributed by atoms with van der Waals surface area (Å²) in [5.41, 5.74) is 2.00.